The van der Waals surface area contributed by atoms with Crippen LogP contribution in [0.15, 0.2) is 28.8 Å². The van der Waals surface area contributed by atoms with Crippen molar-refractivity contribution >= 4 is 17.0 Å². The smallest absolute Gasteiger partial charge is 0.335 e. The number of rotatable bonds is 4. The second-order valence-corrected chi connectivity index (χ2v) is 4.91. The Hall–Kier alpha value is -2.63. The molecule has 1 aromatic carbocycles. The highest BCUT2D eigenvalue weighted by Crippen LogP contribution is 2.20. The van der Waals surface area contributed by atoms with Crippen LogP contribution in [0.5, 0.6) is 0 Å². The van der Waals surface area contributed by atoms with Crippen LogP contribution in [-0.2, 0) is 13.0 Å². The van der Waals surface area contributed by atoms with Crippen molar-refractivity contribution in [2.45, 2.75) is 26.8 Å². The second kappa shape index (κ2) is 5.05. The molecule has 3 rings (SSSR count). The van der Waals surface area contributed by atoms with Gasteiger partial charge < -0.3 is 14.2 Å². The van der Waals surface area contributed by atoms with E-state index < -0.39 is 5.97 Å². The monoisotopic (exact) mass is 285 g/mol. The summed E-state index contributed by atoms with van der Waals surface area (Å²) in [6, 6.07) is 6.87. The molecule has 0 bridgehead atoms. The molecule has 108 valence electrons. The molecular formula is C15H15N3O3. The molecule has 0 atom stereocenters. The van der Waals surface area contributed by atoms with Gasteiger partial charge in [0.25, 0.3) is 0 Å². The predicted molar refractivity (Wildman–Crippen MR) is 76.4 cm³/mol. The summed E-state index contributed by atoms with van der Waals surface area (Å²) in [5, 5.41) is 13.1. The van der Waals surface area contributed by atoms with E-state index in [1.165, 1.54) is 0 Å². The van der Waals surface area contributed by atoms with Gasteiger partial charge in [0.15, 0.2) is 0 Å². The van der Waals surface area contributed by atoms with Crippen LogP contribution in [0.2, 0.25) is 0 Å². The van der Waals surface area contributed by atoms with Crippen molar-refractivity contribution in [2.24, 2.45) is 0 Å². The van der Waals surface area contributed by atoms with Crippen molar-refractivity contribution in [1.29, 1.82) is 0 Å². The minimum absolute atomic E-state index is 0.243. The molecule has 6 nitrogen and oxygen atoms in total. The van der Waals surface area contributed by atoms with Gasteiger partial charge in [-0.25, -0.2) is 9.78 Å². The number of nitrogens with zero attached hydrogens (tertiary/aromatic N) is 3. The number of aromatic carboxylic acids is 1. The van der Waals surface area contributed by atoms with Crippen LogP contribution in [0.4, 0.5) is 0 Å². The van der Waals surface area contributed by atoms with Crippen LogP contribution >= 0.6 is 0 Å². The van der Waals surface area contributed by atoms with Gasteiger partial charge in [-0.15, -0.1) is 0 Å². The third kappa shape index (κ3) is 2.40. The van der Waals surface area contributed by atoms with E-state index in [1.54, 1.807) is 18.2 Å². The molecule has 1 N–H and O–H groups in total. The molecule has 0 unspecified atom stereocenters. The van der Waals surface area contributed by atoms with Crippen LogP contribution in [0.1, 0.15) is 34.6 Å². The molecule has 0 spiro atoms. The van der Waals surface area contributed by atoms with E-state index in [4.69, 9.17) is 9.63 Å². The van der Waals surface area contributed by atoms with Gasteiger partial charge in [-0.2, -0.15) is 0 Å². The van der Waals surface area contributed by atoms with Crippen molar-refractivity contribution in [2.75, 3.05) is 0 Å². The van der Waals surface area contributed by atoms with Crippen LogP contribution < -0.4 is 0 Å². The molecule has 0 aliphatic heterocycles. The fraction of sp³-hybridized carbons (Fsp3) is 0.267. The summed E-state index contributed by atoms with van der Waals surface area (Å²) in [7, 11) is 0. The summed E-state index contributed by atoms with van der Waals surface area (Å²) in [5.41, 5.74) is 2.65. The van der Waals surface area contributed by atoms with E-state index in [2.05, 4.69) is 10.1 Å². The lowest BCUT2D eigenvalue weighted by atomic mass is 10.2. The van der Waals surface area contributed by atoms with Crippen molar-refractivity contribution in [3.05, 3.63) is 47.1 Å². The quantitative estimate of drug-likeness (QED) is 0.797. The van der Waals surface area contributed by atoms with Gasteiger partial charge in [0, 0.05) is 12.5 Å². The van der Waals surface area contributed by atoms with E-state index in [0.29, 0.717) is 12.1 Å². The molecule has 0 saturated carbocycles. The van der Waals surface area contributed by atoms with E-state index in [0.717, 1.165) is 29.2 Å². The predicted octanol–water partition coefficient (Wildman–Crippen LogP) is 2.64. The topological polar surface area (TPSA) is 81.1 Å². The van der Waals surface area contributed by atoms with Gasteiger partial charge in [-0.05, 0) is 25.1 Å². The third-order valence-corrected chi connectivity index (χ3v) is 3.39. The molecule has 0 aliphatic rings. The lowest BCUT2D eigenvalue weighted by Crippen LogP contribution is -2.04. The van der Waals surface area contributed by atoms with Crippen molar-refractivity contribution < 1.29 is 14.4 Å². The van der Waals surface area contributed by atoms with Gasteiger partial charge in [0.2, 0.25) is 0 Å². The van der Waals surface area contributed by atoms with E-state index in [9.17, 15) is 4.79 Å². The van der Waals surface area contributed by atoms with Crippen LogP contribution in [0.25, 0.3) is 11.0 Å². The summed E-state index contributed by atoms with van der Waals surface area (Å²) < 4.78 is 7.13. The maximum Gasteiger partial charge on any atom is 0.335 e. The molecule has 21 heavy (non-hydrogen) atoms. The second-order valence-electron chi connectivity index (χ2n) is 4.91. The molecule has 2 heterocycles. The Balaban J connectivity index is 2.09. The first-order valence-corrected chi connectivity index (χ1v) is 6.73. The average Bonchev–Trinajstić information content (AvgIpc) is 3.02. The largest absolute Gasteiger partial charge is 0.478 e. The molecule has 0 amide bonds. The fourth-order valence-corrected chi connectivity index (χ4v) is 2.41. The summed E-state index contributed by atoms with van der Waals surface area (Å²) in [6.07, 6.45) is 0.758. The van der Waals surface area contributed by atoms with Gasteiger partial charge in [0.05, 0.1) is 23.1 Å². The third-order valence-electron chi connectivity index (χ3n) is 3.39. The Kier molecular flexibility index (Phi) is 3.21. The van der Waals surface area contributed by atoms with Crippen LogP contribution in [-0.4, -0.2) is 25.8 Å². The number of hydrogen-bond donors (Lipinski definition) is 1. The number of hydrogen-bond acceptors (Lipinski definition) is 4. The first-order chi connectivity index (χ1) is 10.1. The fourth-order valence-electron chi connectivity index (χ4n) is 2.41. The first kappa shape index (κ1) is 13.4. The molecule has 0 radical (unpaired) electrons. The number of aryl methyl sites for hydroxylation is 2. The lowest BCUT2D eigenvalue weighted by Gasteiger charge is -2.05. The molecule has 3 aromatic rings. The normalized spacial score (nSPS) is 11.1. The van der Waals surface area contributed by atoms with Gasteiger partial charge >= 0.3 is 5.97 Å². The highest BCUT2D eigenvalue weighted by Gasteiger charge is 2.13. The minimum Gasteiger partial charge on any atom is -0.478 e. The maximum absolute atomic E-state index is 11.0. The van der Waals surface area contributed by atoms with E-state index in [1.807, 2.05) is 24.5 Å². The van der Waals surface area contributed by atoms with Gasteiger partial charge in [-0.1, -0.05) is 12.1 Å². The summed E-state index contributed by atoms with van der Waals surface area (Å²) in [6.45, 7) is 4.43. The zero-order chi connectivity index (χ0) is 15.0. The molecule has 2 aromatic heterocycles. The zero-order valence-electron chi connectivity index (χ0n) is 11.8. The summed E-state index contributed by atoms with van der Waals surface area (Å²) in [5.74, 6) is 0.713. The lowest BCUT2D eigenvalue weighted by molar-refractivity contribution is 0.0697. The Morgan fingerprint density at radius 1 is 1.38 bits per heavy atom. The molecular weight excluding hydrogens is 270 g/mol. The van der Waals surface area contributed by atoms with Crippen molar-refractivity contribution in [3.63, 3.8) is 0 Å². The van der Waals surface area contributed by atoms with Gasteiger partial charge in [-0.3, -0.25) is 0 Å². The Morgan fingerprint density at radius 3 is 2.81 bits per heavy atom. The molecule has 6 heteroatoms. The SMILES string of the molecule is CCc1nc2cc(C(=O)O)ccc2n1Cc1cc(C)on1. The Labute approximate surface area is 121 Å². The maximum atomic E-state index is 11.0. The van der Waals surface area contributed by atoms with E-state index >= 15 is 0 Å². The van der Waals surface area contributed by atoms with Gasteiger partial charge in [0.1, 0.15) is 17.3 Å². The number of imidazole rings is 1. The Morgan fingerprint density at radius 2 is 2.19 bits per heavy atom. The number of carbonyl (C=O) groups is 1. The number of carboxylic acid groups (broad SMARTS) is 1. The molecule has 0 saturated heterocycles. The summed E-state index contributed by atoms with van der Waals surface area (Å²) in [4.78, 5) is 15.6. The number of carboxylic acids is 1. The number of aromatic nitrogens is 3. The highest BCUT2D eigenvalue weighted by molar-refractivity contribution is 5.92. The zero-order valence-corrected chi connectivity index (χ0v) is 11.8. The summed E-state index contributed by atoms with van der Waals surface area (Å²) >= 11 is 0. The number of fused-ring (bicyclic) bond motifs is 1. The Bertz CT molecular complexity index is 817. The first-order valence-electron chi connectivity index (χ1n) is 6.73. The number of benzene rings is 1. The van der Waals surface area contributed by atoms with Crippen LogP contribution in [0, 0.1) is 6.92 Å². The average molecular weight is 285 g/mol. The minimum atomic E-state index is -0.948. The standard InChI is InChI=1S/C15H15N3O3/c1-3-14-16-12-7-10(15(19)20)4-5-13(12)18(14)8-11-6-9(2)21-17-11/h4-7H,3,8H2,1-2H3,(H,19,20). The van der Waals surface area contributed by atoms with Crippen LogP contribution in [0.3, 0.4) is 0 Å². The molecule has 0 aliphatic carbocycles. The van der Waals surface area contributed by atoms with Crippen molar-refractivity contribution in [3.8, 4) is 0 Å². The van der Waals surface area contributed by atoms with Crippen molar-refractivity contribution in [1.82, 2.24) is 14.7 Å². The molecule has 0 fully saturated rings. The highest BCUT2D eigenvalue weighted by atomic mass is 16.5. The van der Waals surface area contributed by atoms with E-state index in [-0.39, 0.29) is 5.56 Å².